The van der Waals surface area contributed by atoms with Gasteiger partial charge in [0.05, 0.1) is 47.7 Å². The normalized spacial score (nSPS) is 40.5. The van der Waals surface area contributed by atoms with Gasteiger partial charge in [0.2, 0.25) is 0 Å². The smallest absolute Gasteiger partial charge is 0.311 e. The zero-order valence-electron chi connectivity index (χ0n) is 33.1. The summed E-state index contributed by atoms with van der Waals surface area (Å²) in [6, 6.07) is 9.29. The Hall–Kier alpha value is -2.65. The highest BCUT2D eigenvalue weighted by molar-refractivity contribution is 5.88. The van der Waals surface area contributed by atoms with Gasteiger partial charge in [-0.1, -0.05) is 63.2 Å². The van der Waals surface area contributed by atoms with E-state index in [0.717, 1.165) is 5.56 Å². The van der Waals surface area contributed by atoms with E-state index in [1.165, 1.54) is 21.0 Å². The average molecular weight is 737 g/mol. The molecule has 2 saturated heterocycles. The molecule has 3 rings (SSSR count). The number of rotatable bonds is 9. The SMILES string of the molecule is CC[C@H]1OC(=O)[C@H](C)[C@@H](O)[C@H](C)[C@@H](O[C@@H]2O[C@H](C)C[C@H](N(C)C)[C@H]2OC(C)=O)[C@](C)(OC)C[C@@H](C)/C(=N\OCc2ccccc2)[C@H](C)[C@@H](O)[C@]1(C)O. The molecule has 0 radical (unpaired) electrons. The second kappa shape index (κ2) is 18.6. The molecule has 2 fully saturated rings. The molecule has 13 heteroatoms. The van der Waals surface area contributed by atoms with Crippen LogP contribution in [0.2, 0.25) is 0 Å². The van der Waals surface area contributed by atoms with E-state index < -0.39 is 83.6 Å². The quantitative estimate of drug-likeness (QED) is 0.246. The maximum atomic E-state index is 13.7. The van der Waals surface area contributed by atoms with Gasteiger partial charge in [0.25, 0.3) is 0 Å². The molecule has 13 nitrogen and oxygen atoms in total. The van der Waals surface area contributed by atoms with Crippen molar-refractivity contribution in [3.8, 4) is 0 Å². The van der Waals surface area contributed by atoms with Gasteiger partial charge in [0.15, 0.2) is 12.4 Å². The van der Waals surface area contributed by atoms with Crippen molar-refractivity contribution in [3.05, 3.63) is 35.9 Å². The fourth-order valence-corrected chi connectivity index (χ4v) is 7.83. The molecule has 3 N–H and O–H groups in total. The molecule has 0 saturated carbocycles. The number of nitrogens with zero attached hydrogens (tertiary/aromatic N) is 2. The second-order valence-electron chi connectivity index (χ2n) is 15.5. The predicted octanol–water partition coefficient (Wildman–Crippen LogP) is 4.09. The fraction of sp³-hybridized carbons (Fsp3) is 0.769. The standard InChI is InChI=1S/C39H64N2O11/c1-13-30-39(9,46)34(44)24(4)31(40-48-21-28-17-15-14-16-18-28)22(2)20-38(8,47-12)35(25(5)32(43)26(6)36(45)51-30)52-37-33(50-27(7)42)29(41(10)11)19-23(3)49-37/h14-18,22-26,29-30,32-35,37,43-44,46H,13,19-21H2,1-12H3/b40-31+/t22-,23-,24+,25+,26-,29+,30-,32+,33-,34-,35-,37+,38-,39-/m1/s1. The average Bonchev–Trinajstić information content (AvgIpc) is 3.09. The first-order valence-corrected chi connectivity index (χ1v) is 18.5. The van der Waals surface area contributed by atoms with Gasteiger partial charge in [-0.15, -0.1) is 0 Å². The summed E-state index contributed by atoms with van der Waals surface area (Å²) in [4.78, 5) is 33.9. The zero-order chi connectivity index (χ0) is 39.1. The number of ether oxygens (including phenoxy) is 5. The number of oxime groups is 1. The third-order valence-corrected chi connectivity index (χ3v) is 11.1. The van der Waals surface area contributed by atoms with Crippen molar-refractivity contribution in [3.63, 3.8) is 0 Å². The first-order chi connectivity index (χ1) is 24.3. The third kappa shape index (κ3) is 10.3. The summed E-state index contributed by atoms with van der Waals surface area (Å²) in [6.07, 6.45) is -5.88. The van der Waals surface area contributed by atoms with Gasteiger partial charge in [-0.2, -0.15) is 0 Å². The monoisotopic (exact) mass is 736 g/mol. The van der Waals surface area contributed by atoms with Crippen LogP contribution in [0.15, 0.2) is 35.5 Å². The Morgan fingerprint density at radius 1 is 1.06 bits per heavy atom. The van der Waals surface area contributed by atoms with Gasteiger partial charge >= 0.3 is 11.9 Å². The molecule has 0 spiro atoms. The highest BCUT2D eigenvalue weighted by atomic mass is 16.7. The van der Waals surface area contributed by atoms with Crippen molar-refractivity contribution in [2.75, 3.05) is 21.2 Å². The molecular formula is C39H64N2O11. The van der Waals surface area contributed by atoms with Crippen molar-refractivity contribution < 1.29 is 53.4 Å². The Labute approximate surface area is 309 Å². The first-order valence-electron chi connectivity index (χ1n) is 18.5. The summed E-state index contributed by atoms with van der Waals surface area (Å²) >= 11 is 0. The molecule has 0 amide bonds. The third-order valence-electron chi connectivity index (χ3n) is 11.1. The first kappa shape index (κ1) is 43.8. The van der Waals surface area contributed by atoms with E-state index in [1.807, 2.05) is 70.1 Å². The second-order valence-corrected chi connectivity index (χ2v) is 15.5. The lowest BCUT2D eigenvalue weighted by Gasteiger charge is -2.48. The van der Waals surface area contributed by atoms with E-state index in [2.05, 4.69) is 5.16 Å². The molecular weight excluding hydrogens is 672 g/mol. The Morgan fingerprint density at radius 3 is 2.25 bits per heavy atom. The summed E-state index contributed by atoms with van der Waals surface area (Å²) < 4.78 is 31.1. The van der Waals surface area contributed by atoms with Gasteiger partial charge in [-0.05, 0) is 66.6 Å². The van der Waals surface area contributed by atoms with Crippen LogP contribution in [0, 0.1) is 23.7 Å². The van der Waals surface area contributed by atoms with Gasteiger partial charge in [-0.3, -0.25) is 9.59 Å². The Bertz CT molecular complexity index is 1330. The van der Waals surface area contributed by atoms with Crippen LogP contribution in [0.3, 0.4) is 0 Å². The van der Waals surface area contributed by atoms with Crippen LogP contribution in [0.4, 0.5) is 0 Å². The number of benzene rings is 1. The van der Waals surface area contributed by atoms with E-state index in [4.69, 9.17) is 28.5 Å². The number of methoxy groups -OCH3 is 1. The van der Waals surface area contributed by atoms with Crippen LogP contribution in [0.1, 0.15) is 87.1 Å². The lowest BCUT2D eigenvalue weighted by atomic mass is 9.73. The number of carbonyl (C=O) groups is 2. The lowest BCUT2D eigenvalue weighted by molar-refractivity contribution is -0.303. The summed E-state index contributed by atoms with van der Waals surface area (Å²) in [5.41, 5.74) is -1.74. The van der Waals surface area contributed by atoms with Crippen molar-refractivity contribution in [2.24, 2.45) is 28.8 Å². The minimum atomic E-state index is -1.88. The molecule has 0 unspecified atom stereocenters. The Morgan fingerprint density at radius 2 is 1.69 bits per heavy atom. The number of likely N-dealkylation sites (N-methyl/N-ethyl adjacent to an activating group) is 1. The highest BCUT2D eigenvalue weighted by Gasteiger charge is 2.52. The summed E-state index contributed by atoms with van der Waals surface area (Å²) in [5.74, 6) is -4.28. The van der Waals surface area contributed by atoms with Crippen molar-refractivity contribution in [2.45, 2.75) is 148 Å². The topological polar surface area (TPSA) is 166 Å². The molecule has 0 aliphatic carbocycles. The minimum Gasteiger partial charge on any atom is -0.459 e. The lowest BCUT2D eigenvalue weighted by Crippen LogP contribution is -2.61. The summed E-state index contributed by atoms with van der Waals surface area (Å²) in [5, 5.41) is 40.0. The van der Waals surface area contributed by atoms with Gasteiger partial charge in [-0.25, -0.2) is 0 Å². The van der Waals surface area contributed by atoms with Crippen LogP contribution in [0.25, 0.3) is 0 Å². The summed E-state index contributed by atoms with van der Waals surface area (Å²) in [7, 11) is 5.34. The molecule has 1 aromatic carbocycles. The van der Waals surface area contributed by atoms with Crippen molar-refractivity contribution in [1.29, 1.82) is 0 Å². The molecule has 2 aliphatic heterocycles. The van der Waals surface area contributed by atoms with Crippen molar-refractivity contribution in [1.82, 2.24) is 4.90 Å². The van der Waals surface area contributed by atoms with E-state index in [1.54, 1.807) is 27.7 Å². The number of aliphatic hydroxyl groups excluding tert-OH is 2. The zero-order valence-corrected chi connectivity index (χ0v) is 33.1. The molecule has 14 atom stereocenters. The minimum absolute atomic E-state index is 0.168. The van der Waals surface area contributed by atoms with Crippen LogP contribution in [-0.2, 0) is 44.7 Å². The molecule has 52 heavy (non-hydrogen) atoms. The number of esters is 2. The van der Waals surface area contributed by atoms with Crippen LogP contribution in [-0.4, -0.2) is 119 Å². The number of hydrogen-bond donors (Lipinski definition) is 3. The number of cyclic esters (lactones) is 1. The number of aliphatic hydroxyl groups is 3. The van der Waals surface area contributed by atoms with Gasteiger partial charge in [0, 0.05) is 31.8 Å². The highest BCUT2D eigenvalue weighted by Crippen LogP contribution is 2.40. The van der Waals surface area contributed by atoms with Gasteiger partial charge < -0.3 is 48.7 Å². The maximum absolute atomic E-state index is 13.7. The predicted molar refractivity (Wildman–Crippen MR) is 195 cm³/mol. The van der Waals surface area contributed by atoms with E-state index >= 15 is 0 Å². The molecule has 1 aromatic rings. The van der Waals surface area contributed by atoms with Crippen LogP contribution in [0.5, 0.6) is 0 Å². The Balaban J connectivity index is 2.18. The largest absolute Gasteiger partial charge is 0.459 e. The number of hydrogen-bond acceptors (Lipinski definition) is 13. The van der Waals surface area contributed by atoms with Crippen molar-refractivity contribution >= 4 is 17.7 Å². The molecule has 2 aliphatic rings. The van der Waals surface area contributed by atoms with E-state index in [9.17, 15) is 24.9 Å². The molecule has 0 bridgehead atoms. The summed E-state index contributed by atoms with van der Waals surface area (Å²) in [6.45, 7) is 15.4. The fourth-order valence-electron chi connectivity index (χ4n) is 7.83. The van der Waals surface area contributed by atoms with E-state index in [0.29, 0.717) is 12.1 Å². The Kier molecular flexibility index (Phi) is 15.6. The maximum Gasteiger partial charge on any atom is 0.311 e. The molecule has 2 heterocycles. The van der Waals surface area contributed by atoms with Gasteiger partial charge in [0.1, 0.15) is 18.3 Å². The van der Waals surface area contributed by atoms with E-state index in [-0.39, 0.29) is 31.6 Å². The molecule has 296 valence electrons. The molecule has 0 aromatic heterocycles. The van der Waals surface area contributed by atoms with Crippen LogP contribution < -0.4 is 0 Å². The van der Waals surface area contributed by atoms with Crippen LogP contribution >= 0.6 is 0 Å². The number of carbonyl (C=O) groups excluding carboxylic acids is 2.